The summed E-state index contributed by atoms with van der Waals surface area (Å²) in [5, 5.41) is 13.3. The summed E-state index contributed by atoms with van der Waals surface area (Å²) < 4.78 is 5.40. The molecule has 2 heterocycles. The monoisotopic (exact) mass is 644 g/mol. The lowest BCUT2D eigenvalue weighted by molar-refractivity contribution is 0.986. The molecular weight excluding hydrogens is 617 g/mol. The van der Waals surface area contributed by atoms with Crippen molar-refractivity contribution in [2.24, 2.45) is 0 Å². The lowest BCUT2D eigenvalue weighted by atomic mass is 9.84. The first kappa shape index (κ1) is 26.8. The highest BCUT2D eigenvalue weighted by Crippen LogP contribution is 2.46. The smallest absolute Gasteiger partial charge is 0.0361 e. The number of thiophene rings is 2. The first-order chi connectivity index (χ1) is 23.8. The Bertz CT molecular complexity index is 2950. The normalized spacial score (nSPS) is 13.2. The fourth-order valence-electron chi connectivity index (χ4n) is 8.24. The van der Waals surface area contributed by atoms with Gasteiger partial charge in [-0.05, 0) is 121 Å². The Morgan fingerprint density at radius 1 is 0.396 bits per heavy atom. The molecule has 8 aromatic carbocycles. The van der Waals surface area contributed by atoms with Gasteiger partial charge in [-0.1, -0.05) is 103 Å². The van der Waals surface area contributed by atoms with Crippen LogP contribution in [0.5, 0.6) is 0 Å². The molecule has 11 rings (SSSR count). The van der Waals surface area contributed by atoms with E-state index >= 15 is 0 Å². The van der Waals surface area contributed by atoms with Gasteiger partial charge in [-0.2, -0.15) is 0 Å². The molecule has 1 aliphatic rings. The summed E-state index contributed by atoms with van der Waals surface area (Å²) in [6.45, 7) is 0. The zero-order valence-electron chi connectivity index (χ0n) is 26.1. The van der Waals surface area contributed by atoms with Crippen LogP contribution in [-0.2, 0) is 6.42 Å². The number of hydrogen-bond acceptors (Lipinski definition) is 2. The van der Waals surface area contributed by atoms with E-state index in [-0.39, 0.29) is 0 Å². The first-order valence-electron chi connectivity index (χ1n) is 16.7. The van der Waals surface area contributed by atoms with Crippen LogP contribution in [-0.4, -0.2) is 0 Å². The SMILES string of the molecule is C1=Cc2ccc(-c3c4ccccc4c(-c4ccc5sc6cc7cc8sc9ccccc9c8cc7cc6c5c4)c4ccccc34)cc2CC1. The number of benzene rings is 8. The fraction of sp³-hybridized carbons (Fsp3) is 0.0435. The Hall–Kier alpha value is -5.28. The summed E-state index contributed by atoms with van der Waals surface area (Å²) in [5.41, 5.74) is 8.04. The topological polar surface area (TPSA) is 0 Å². The van der Waals surface area contributed by atoms with Gasteiger partial charge in [-0.15, -0.1) is 22.7 Å². The molecule has 0 N–H and O–H groups in total. The van der Waals surface area contributed by atoms with E-state index in [1.54, 1.807) is 0 Å². The molecule has 0 aliphatic heterocycles. The molecule has 0 nitrogen and oxygen atoms in total. The van der Waals surface area contributed by atoms with Crippen molar-refractivity contribution in [2.45, 2.75) is 12.8 Å². The molecule has 0 atom stereocenters. The molecule has 0 radical (unpaired) electrons. The van der Waals surface area contributed by atoms with Crippen LogP contribution < -0.4 is 0 Å². The van der Waals surface area contributed by atoms with E-state index < -0.39 is 0 Å². The molecule has 0 unspecified atom stereocenters. The van der Waals surface area contributed by atoms with Crippen LogP contribution in [0.2, 0.25) is 0 Å². The number of hydrogen-bond donors (Lipinski definition) is 0. The van der Waals surface area contributed by atoms with E-state index in [0.717, 1.165) is 12.8 Å². The molecule has 10 aromatic rings. The van der Waals surface area contributed by atoms with Crippen molar-refractivity contribution in [3.05, 3.63) is 151 Å². The van der Waals surface area contributed by atoms with Gasteiger partial charge in [0.15, 0.2) is 0 Å². The average Bonchev–Trinajstić information content (AvgIpc) is 3.68. The Morgan fingerprint density at radius 2 is 0.917 bits per heavy atom. The van der Waals surface area contributed by atoms with Crippen LogP contribution in [0.25, 0.3) is 101 Å². The summed E-state index contributed by atoms with van der Waals surface area (Å²) in [7, 11) is 0. The van der Waals surface area contributed by atoms with Crippen LogP contribution >= 0.6 is 22.7 Å². The highest BCUT2D eigenvalue weighted by Gasteiger charge is 2.19. The van der Waals surface area contributed by atoms with Crippen LogP contribution in [0.4, 0.5) is 0 Å². The van der Waals surface area contributed by atoms with E-state index in [1.807, 2.05) is 22.7 Å². The average molecular weight is 645 g/mol. The van der Waals surface area contributed by atoms with Crippen molar-refractivity contribution in [3.8, 4) is 22.3 Å². The number of rotatable bonds is 2. The summed E-state index contributed by atoms with van der Waals surface area (Å²) in [6, 6.07) is 50.7. The van der Waals surface area contributed by atoms with E-state index in [9.17, 15) is 0 Å². The van der Waals surface area contributed by atoms with Gasteiger partial charge in [-0.25, -0.2) is 0 Å². The van der Waals surface area contributed by atoms with Gasteiger partial charge in [0, 0.05) is 40.3 Å². The molecule has 2 heteroatoms. The van der Waals surface area contributed by atoms with E-state index in [0.29, 0.717) is 0 Å². The van der Waals surface area contributed by atoms with Gasteiger partial charge < -0.3 is 0 Å². The van der Waals surface area contributed by atoms with Crippen molar-refractivity contribution in [3.63, 3.8) is 0 Å². The first-order valence-corrected chi connectivity index (χ1v) is 18.4. The largest absolute Gasteiger partial charge is 0.135 e. The van der Waals surface area contributed by atoms with Crippen molar-refractivity contribution in [1.82, 2.24) is 0 Å². The second-order valence-electron chi connectivity index (χ2n) is 13.2. The summed E-state index contributed by atoms with van der Waals surface area (Å²) in [4.78, 5) is 0. The van der Waals surface area contributed by atoms with E-state index in [4.69, 9.17) is 0 Å². The summed E-state index contributed by atoms with van der Waals surface area (Å²) >= 11 is 3.80. The molecule has 0 saturated heterocycles. The molecule has 1 aliphatic carbocycles. The second-order valence-corrected chi connectivity index (χ2v) is 15.3. The standard InChI is InChI=1S/C46H28S2/c1-2-10-28-21-29(18-17-27(28)9-1)45-34-12-3-5-14-36(34)46(37-15-6-4-13-35(37)45)30-19-20-42-39(22-30)40-24-31-23-38-33-11-7-8-16-41(33)47-43(38)25-32(31)26-44(40)48-42/h1,3-9,11-26H,2,10H2. The quantitative estimate of drug-likeness (QED) is 0.164. The van der Waals surface area contributed by atoms with Crippen LogP contribution in [0.3, 0.4) is 0 Å². The highest BCUT2D eigenvalue weighted by atomic mass is 32.1. The zero-order valence-corrected chi connectivity index (χ0v) is 27.7. The number of aryl methyl sites for hydroxylation is 1. The molecule has 48 heavy (non-hydrogen) atoms. The predicted octanol–water partition coefficient (Wildman–Crippen LogP) is 14.2. The minimum Gasteiger partial charge on any atom is -0.135 e. The molecule has 0 amide bonds. The van der Waals surface area contributed by atoms with Crippen LogP contribution in [0.15, 0.2) is 140 Å². The van der Waals surface area contributed by atoms with E-state index in [1.165, 1.54) is 106 Å². The van der Waals surface area contributed by atoms with Crippen molar-refractivity contribution in [2.75, 3.05) is 0 Å². The fourth-order valence-corrected chi connectivity index (χ4v) is 10.5. The predicted molar refractivity (Wildman–Crippen MR) is 213 cm³/mol. The minimum absolute atomic E-state index is 1.10. The Balaban J connectivity index is 1.16. The molecule has 0 spiro atoms. The number of allylic oxidation sites excluding steroid dienone is 1. The third-order valence-electron chi connectivity index (χ3n) is 10.5. The summed E-state index contributed by atoms with van der Waals surface area (Å²) in [6.07, 6.45) is 6.79. The summed E-state index contributed by atoms with van der Waals surface area (Å²) in [5.74, 6) is 0. The maximum atomic E-state index is 2.46. The number of fused-ring (bicyclic) bond motifs is 10. The molecule has 0 saturated carbocycles. The van der Waals surface area contributed by atoms with Gasteiger partial charge in [0.25, 0.3) is 0 Å². The van der Waals surface area contributed by atoms with E-state index in [2.05, 4.69) is 146 Å². The van der Waals surface area contributed by atoms with Gasteiger partial charge >= 0.3 is 0 Å². The zero-order chi connectivity index (χ0) is 31.3. The van der Waals surface area contributed by atoms with Crippen LogP contribution in [0.1, 0.15) is 17.5 Å². The maximum absolute atomic E-state index is 2.46. The second kappa shape index (κ2) is 10.1. The molecule has 0 bridgehead atoms. The third-order valence-corrected chi connectivity index (χ3v) is 12.7. The van der Waals surface area contributed by atoms with Crippen molar-refractivity contribution >= 4 is 101 Å². The Kier molecular flexibility index (Phi) is 5.63. The minimum atomic E-state index is 1.10. The van der Waals surface area contributed by atoms with Crippen molar-refractivity contribution in [1.29, 1.82) is 0 Å². The Morgan fingerprint density at radius 3 is 1.60 bits per heavy atom. The van der Waals surface area contributed by atoms with Crippen LogP contribution in [0, 0.1) is 0 Å². The molecule has 2 aromatic heterocycles. The highest BCUT2D eigenvalue weighted by molar-refractivity contribution is 7.26. The molecule has 224 valence electrons. The van der Waals surface area contributed by atoms with Crippen molar-refractivity contribution < 1.29 is 0 Å². The molecule has 0 fully saturated rings. The maximum Gasteiger partial charge on any atom is 0.0361 e. The lowest BCUT2D eigenvalue weighted by Crippen LogP contribution is -1.96. The Labute approximate surface area is 285 Å². The van der Waals surface area contributed by atoms with Gasteiger partial charge in [0.1, 0.15) is 0 Å². The lowest BCUT2D eigenvalue weighted by Gasteiger charge is -2.19. The van der Waals surface area contributed by atoms with Gasteiger partial charge in [0.2, 0.25) is 0 Å². The third kappa shape index (κ3) is 3.88. The van der Waals surface area contributed by atoms with Gasteiger partial charge in [0.05, 0.1) is 0 Å². The molecular formula is C46H28S2. The van der Waals surface area contributed by atoms with Gasteiger partial charge in [-0.3, -0.25) is 0 Å².